The van der Waals surface area contributed by atoms with Crippen LogP contribution >= 0.6 is 11.6 Å². The third-order valence-corrected chi connectivity index (χ3v) is 4.15. The zero-order chi connectivity index (χ0) is 15.9. The first-order chi connectivity index (χ1) is 10.5. The molecule has 2 aromatic carbocycles. The highest BCUT2D eigenvalue weighted by Crippen LogP contribution is 2.35. The van der Waals surface area contributed by atoms with Crippen LogP contribution < -0.4 is 0 Å². The van der Waals surface area contributed by atoms with Crippen LogP contribution in [-0.2, 0) is 11.2 Å². The second kappa shape index (κ2) is 5.50. The predicted octanol–water partition coefficient (Wildman–Crippen LogP) is 4.73. The minimum Gasteiger partial charge on any atom is -0.481 e. The number of nitrogens with one attached hydrogen (secondary N) is 1. The first kappa shape index (κ1) is 14.7. The Morgan fingerprint density at radius 3 is 2.59 bits per heavy atom. The molecule has 2 N–H and O–H groups in total. The van der Waals surface area contributed by atoms with Crippen molar-refractivity contribution in [2.45, 2.75) is 20.3 Å². The summed E-state index contributed by atoms with van der Waals surface area (Å²) in [4.78, 5) is 14.7. The summed E-state index contributed by atoms with van der Waals surface area (Å²) in [6.45, 7) is 4.02. The molecule has 0 saturated heterocycles. The van der Waals surface area contributed by atoms with Crippen LogP contribution in [0.25, 0.3) is 22.2 Å². The number of H-pyrrole nitrogens is 1. The van der Waals surface area contributed by atoms with Crippen LogP contribution in [0, 0.1) is 13.8 Å². The first-order valence-corrected chi connectivity index (χ1v) is 7.43. The fourth-order valence-corrected chi connectivity index (χ4v) is 3.10. The van der Waals surface area contributed by atoms with E-state index in [2.05, 4.69) is 4.98 Å². The zero-order valence-electron chi connectivity index (χ0n) is 12.4. The molecule has 0 fully saturated rings. The molecule has 3 rings (SSSR count). The van der Waals surface area contributed by atoms with Crippen LogP contribution in [0.4, 0.5) is 0 Å². The number of fused-ring (bicyclic) bond motifs is 1. The molecule has 1 heterocycles. The van der Waals surface area contributed by atoms with Crippen molar-refractivity contribution >= 4 is 28.5 Å². The van der Waals surface area contributed by atoms with Gasteiger partial charge < -0.3 is 10.1 Å². The number of hydrogen-bond acceptors (Lipinski definition) is 1. The minimum atomic E-state index is -0.843. The van der Waals surface area contributed by atoms with Crippen molar-refractivity contribution in [2.24, 2.45) is 0 Å². The van der Waals surface area contributed by atoms with E-state index in [4.69, 9.17) is 11.6 Å². The number of aromatic amines is 1. The molecule has 0 atom stereocenters. The zero-order valence-corrected chi connectivity index (χ0v) is 13.2. The van der Waals surface area contributed by atoms with Crippen molar-refractivity contribution in [3.63, 3.8) is 0 Å². The van der Waals surface area contributed by atoms with Gasteiger partial charge in [-0.1, -0.05) is 35.9 Å². The summed E-state index contributed by atoms with van der Waals surface area (Å²) in [5, 5.41) is 10.9. The molecule has 0 amide bonds. The molecule has 1 aromatic heterocycles. The highest BCUT2D eigenvalue weighted by molar-refractivity contribution is 6.30. The monoisotopic (exact) mass is 313 g/mol. The van der Waals surface area contributed by atoms with Gasteiger partial charge in [0.1, 0.15) is 0 Å². The third kappa shape index (κ3) is 2.48. The summed E-state index contributed by atoms with van der Waals surface area (Å²) in [7, 11) is 0. The van der Waals surface area contributed by atoms with Gasteiger partial charge >= 0.3 is 5.97 Å². The largest absolute Gasteiger partial charge is 0.481 e. The van der Waals surface area contributed by atoms with E-state index in [0.29, 0.717) is 5.02 Å². The summed E-state index contributed by atoms with van der Waals surface area (Å²) in [5.74, 6) is -0.843. The molecule has 0 aliphatic carbocycles. The molecule has 4 heteroatoms. The molecule has 112 valence electrons. The standard InChI is InChI=1S/C18H16ClNO2/c1-10-6-7-11(2)17-16(10)14(9-15(21)22)18(20-17)12-4-3-5-13(19)8-12/h3-8,20H,9H2,1-2H3,(H,21,22). The van der Waals surface area contributed by atoms with Crippen LogP contribution in [-0.4, -0.2) is 16.1 Å². The number of hydrogen-bond donors (Lipinski definition) is 2. The molecular formula is C18H16ClNO2. The smallest absolute Gasteiger partial charge is 0.307 e. The van der Waals surface area contributed by atoms with Crippen LogP contribution in [0.5, 0.6) is 0 Å². The van der Waals surface area contributed by atoms with E-state index < -0.39 is 5.97 Å². The van der Waals surface area contributed by atoms with Gasteiger partial charge in [-0.25, -0.2) is 0 Å². The van der Waals surface area contributed by atoms with Gasteiger partial charge in [0.15, 0.2) is 0 Å². The Labute approximate surface area is 133 Å². The van der Waals surface area contributed by atoms with Crippen molar-refractivity contribution in [1.29, 1.82) is 0 Å². The minimum absolute atomic E-state index is 0.0217. The molecule has 0 bridgehead atoms. The maximum Gasteiger partial charge on any atom is 0.307 e. The van der Waals surface area contributed by atoms with Gasteiger partial charge in [0.05, 0.1) is 12.1 Å². The van der Waals surface area contributed by atoms with Gasteiger partial charge in [0.25, 0.3) is 0 Å². The number of carboxylic acid groups (broad SMARTS) is 1. The Kier molecular flexibility index (Phi) is 3.67. The lowest BCUT2D eigenvalue weighted by molar-refractivity contribution is -0.136. The average Bonchev–Trinajstić information content (AvgIpc) is 2.83. The van der Waals surface area contributed by atoms with E-state index in [1.807, 2.05) is 44.2 Å². The van der Waals surface area contributed by atoms with Gasteiger partial charge in [0.2, 0.25) is 0 Å². The average molecular weight is 314 g/mol. The molecule has 0 spiro atoms. The number of benzene rings is 2. The number of aryl methyl sites for hydroxylation is 2. The van der Waals surface area contributed by atoms with Crippen LogP contribution in [0.3, 0.4) is 0 Å². The van der Waals surface area contributed by atoms with E-state index in [1.54, 1.807) is 6.07 Å². The Morgan fingerprint density at radius 2 is 1.91 bits per heavy atom. The number of halogens is 1. The molecule has 0 saturated carbocycles. The second-order valence-electron chi connectivity index (χ2n) is 5.51. The lowest BCUT2D eigenvalue weighted by Crippen LogP contribution is -2.01. The van der Waals surface area contributed by atoms with Crippen molar-refractivity contribution in [3.8, 4) is 11.3 Å². The Balaban J connectivity index is 2.36. The molecule has 22 heavy (non-hydrogen) atoms. The predicted molar refractivity (Wildman–Crippen MR) is 89.6 cm³/mol. The number of aliphatic carboxylic acids is 1. The maximum atomic E-state index is 11.3. The topological polar surface area (TPSA) is 53.1 Å². The molecule has 3 aromatic rings. The molecule has 3 nitrogen and oxygen atoms in total. The highest BCUT2D eigenvalue weighted by Gasteiger charge is 2.18. The molecule has 0 unspecified atom stereocenters. The van der Waals surface area contributed by atoms with Crippen molar-refractivity contribution in [1.82, 2.24) is 4.98 Å². The van der Waals surface area contributed by atoms with Gasteiger partial charge in [-0.15, -0.1) is 0 Å². The first-order valence-electron chi connectivity index (χ1n) is 7.06. The van der Waals surface area contributed by atoms with E-state index in [-0.39, 0.29) is 6.42 Å². The van der Waals surface area contributed by atoms with Crippen molar-refractivity contribution in [2.75, 3.05) is 0 Å². The van der Waals surface area contributed by atoms with Gasteiger partial charge in [-0.3, -0.25) is 4.79 Å². The van der Waals surface area contributed by atoms with Crippen molar-refractivity contribution < 1.29 is 9.90 Å². The van der Waals surface area contributed by atoms with E-state index in [9.17, 15) is 9.90 Å². The van der Waals surface area contributed by atoms with E-state index in [0.717, 1.165) is 38.9 Å². The Bertz CT molecular complexity index is 880. The lowest BCUT2D eigenvalue weighted by Gasteiger charge is -2.05. The van der Waals surface area contributed by atoms with Crippen molar-refractivity contribution in [3.05, 3.63) is 58.1 Å². The summed E-state index contributed by atoms with van der Waals surface area (Å²) in [5.41, 5.74) is 5.70. The number of rotatable bonds is 3. The van der Waals surface area contributed by atoms with E-state index >= 15 is 0 Å². The van der Waals surface area contributed by atoms with Gasteiger partial charge in [-0.05, 0) is 48.2 Å². The van der Waals surface area contributed by atoms with Gasteiger partial charge in [0, 0.05) is 15.9 Å². The summed E-state index contributed by atoms with van der Waals surface area (Å²) in [6.07, 6.45) is -0.0217. The number of aromatic nitrogens is 1. The molecule has 0 aliphatic heterocycles. The fourth-order valence-electron chi connectivity index (χ4n) is 2.90. The maximum absolute atomic E-state index is 11.3. The molecular weight excluding hydrogens is 298 g/mol. The quantitative estimate of drug-likeness (QED) is 0.734. The van der Waals surface area contributed by atoms with Crippen LogP contribution in [0.2, 0.25) is 5.02 Å². The lowest BCUT2D eigenvalue weighted by atomic mass is 9.99. The number of carbonyl (C=O) groups is 1. The summed E-state index contributed by atoms with van der Waals surface area (Å²) in [6, 6.07) is 11.5. The highest BCUT2D eigenvalue weighted by atomic mass is 35.5. The third-order valence-electron chi connectivity index (χ3n) is 3.92. The van der Waals surface area contributed by atoms with E-state index in [1.165, 1.54) is 0 Å². The molecule has 0 aliphatic rings. The fraction of sp³-hybridized carbons (Fsp3) is 0.167. The Hall–Kier alpha value is -2.26. The van der Waals surface area contributed by atoms with Gasteiger partial charge in [-0.2, -0.15) is 0 Å². The SMILES string of the molecule is Cc1ccc(C)c2c(CC(=O)O)c(-c3cccc(Cl)c3)[nH]c12. The van der Waals surface area contributed by atoms with Crippen LogP contribution in [0.1, 0.15) is 16.7 Å². The summed E-state index contributed by atoms with van der Waals surface area (Å²) >= 11 is 6.08. The number of carboxylic acids is 1. The second-order valence-corrected chi connectivity index (χ2v) is 5.95. The Morgan fingerprint density at radius 1 is 1.18 bits per heavy atom. The summed E-state index contributed by atoms with van der Waals surface area (Å²) < 4.78 is 0. The molecule has 0 radical (unpaired) electrons. The van der Waals surface area contributed by atoms with Crippen LogP contribution in [0.15, 0.2) is 36.4 Å². The normalized spacial score (nSPS) is 11.0.